The number of fused-ring (bicyclic) bond motifs is 1. The number of carbonyl (C=O) groups is 1. The van der Waals surface area contributed by atoms with Crippen LogP contribution in [0.25, 0.3) is 10.9 Å². The fraction of sp³-hybridized carbons (Fsp3) is 0.448. The summed E-state index contributed by atoms with van der Waals surface area (Å²) >= 11 is 0. The van der Waals surface area contributed by atoms with E-state index < -0.39 is 17.3 Å². The molecule has 0 bridgehead atoms. The number of aromatic carboxylic acids is 1. The number of carboxylic acids is 1. The smallest absolute Gasteiger partial charge is 0.335 e. The number of piperidine rings is 1. The maximum absolute atomic E-state index is 14.1. The van der Waals surface area contributed by atoms with Crippen LogP contribution in [0.4, 0.5) is 14.5 Å². The van der Waals surface area contributed by atoms with E-state index in [0.717, 1.165) is 33.3 Å². The highest BCUT2D eigenvalue weighted by molar-refractivity contribution is 5.89. The molecule has 0 amide bonds. The number of nitrogens with zero attached hydrogens (tertiary/aromatic N) is 2. The number of alkyl halides is 2. The number of methoxy groups -OCH3 is 1. The largest absolute Gasteiger partial charge is 0.496 e. The van der Waals surface area contributed by atoms with Gasteiger partial charge in [0.05, 0.1) is 25.2 Å². The summed E-state index contributed by atoms with van der Waals surface area (Å²) in [6.07, 6.45) is 3.14. The first-order valence-corrected chi connectivity index (χ1v) is 12.9. The second-order valence-electron chi connectivity index (χ2n) is 10.7. The number of aromatic nitrogens is 1. The second kappa shape index (κ2) is 9.91. The number of hydrogen-bond acceptors (Lipinski definition) is 5. The molecule has 0 unspecified atom stereocenters. The van der Waals surface area contributed by atoms with Gasteiger partial charge in [0.2, 0.25) is 5.92 Å². The number of rotatable bonds is 8. The van der Waals surface area contributed by atoms with Gasteiger partial charge in [-0.2, -0.15) is 5.26 Å². The summed E-state index contributed by atoms with van der Waals surface area (Å²) < 4.78 is 34.0. The summed E-state index contributed by atoms with van der Waals surface area (Å²) in [6, 6.07) is 10.9. The molecule has 5 rings (SSSR count). The fourth-order valence-electron chi connectivity index (χ4n) is 6.41. The highest BCUT2D eigenvalue weighted by Gasteiger charge is 2.58. The molecule has 1 aromatic heterocycles. The minimum atomic E-state index is -2.63. The van der Waals surface area contributed by atoms with Crippen molar-refractivity contribution in [1.29, 1.82) is 5.26 Å². The molecule has 9 heteroatoms. The predicted molar refractivity (Wildman–Crippen MR) is 141 cm³/mol. The van der Waals surface area contributed by atoms with Crippen LogP contribution in [0.15, 0.2) is 36.5 Å². The number of H-pyrrole nitrogens is 1. The Labute approximate surface area is 220 Å². The molecule has 2 fully saturated rings. The monoisotopic (exact) mass is 522 g/mol. The molecule has 0 radical (unpaired) electrons. The Morgan fingerprint density at radius 2 is 2.11 bits per heavy atom. The van der Waals surface area contributed by atoms with Crippen molar-refractivity contribution in [3.63, 3.8) is 0 Å². The van der Waals surface area contributed by atoms with Crippen LogP contribution in [0.3, 0.4) is 0 Å². The molecule has 1 saturated carbocycles. The summed E-state index contributed by atoms with van der Waals surface area (Å²) in [5.41, 5.74) is 4.31. The molecule has 3 N–H and O–H groups in total. The predicted octanol–water partition coefficient (Wildman–Crippen LogP) is 6.26. The van der Waals surface area contributed by atoms with Gasteiger partial charge in [0.15, 0.2) is 0 Å². The summed E-state index contributed by atoms with van der Waals surface area (Å²) in [4.78, 5) is 17.3. The average Bonchev–Trinajstić information content (AvgIpc) is 3.36. The van der Waals surface area contributed by atoms with Crippen molar-refractivity contribution in [2.24, 2.45) is 5.41 Å². The summed E-state index contributed by atoms with van der Waals surface area (Å²) in [5, 5.41) is 22.9. The standard InChI is InChI=1S/C29H32F2N4O3/c1-18-12-25(38-2)22(20-6-10-34-26(18)20)15-35-11-7-28(16-29(30,31)17-28)14-24(35)21-5-4-19(27(36)37)13-23(21)33-9-3-8-32/h4-6,10,12-13,24,33-34H,3,7,9,11,14-17H2,1-2H3,(H,36,37)/t24-/m0/s1. The molecular formula is C29H32F2N4O3. The highest BCUT2D eigenvalue weighted by atomic mass is 19.3. The van der Waals surface area contributed by atoms with E-state index in [2.05, 4.69) is 21.3 Å². The van der Waals surface area contributed by atoms with Gasteiger partial charge in [-0.05, 0) is 67.1 Å². The van der Waals surface area contributed by atoms with Crippen LogP contribution in [0.1, 0.15) is 65.2 Å². The molecule has 1 aliphatic carbocycles. The molecule has 2 aliphatic rings. The van der Waals surface area contributed by atoms with Gasteiger partial charge >= 0.3 is 5.97 Å². The molecule has 1 spiro atoms. The second-order valence-corrected chi connectivity index (χ2v) is 10.7. The number of anilines is 1. The molecule has 1 aliphatic heterocycles. The van der Waals surface area contributed by atoms with E-state index in [9.17, 15) is 18.7 Å². The molecule has 1 atom stereocenters. The first-order valence-electron chi connectivity index (χ1n) is 12.9. The van der Waals surface area contributed by atoms with E-state index in [-0.39, 0.29) is 30.9 Å². The Morgan fingerprint density at radius 3 is 2.79 bits per heavy atom. The van der Waals surface area contributed by atoms with Crippen molar-refractivity contribution in [3.8, 4) is 11.8 Å². The van der Waals surface area contributed by atoms with Crippen LogP contribution in [0.5, 0.6) is 5.75 Å². The van der Waals surface area contributed by atoms with Gasteiger partial charge in [-0.1, -0.05) is 6.07 Å². The van der Waals surface area contributed by atoms with Crippen LogP contribution in [-0.4, -0.2) is 47.1 Å². The zero-order chi connectivity index (χ0) is 27.1. The Hall–Kier alpha value is -3.64. The summed E-state index contributed by atoms with van der Waals surface area (Å²) in [5.74, 6) is -2.90. The number of ether oxygens (including phenoxy) is 1. The molecule has 7 nitrogen and oxygen atoms in total. The van der Waals surface area contributed by atoms with Gasteiger partial charge in [0.25, 0.3) is 0 Å². The van der Waals surface area contributed by atoms with E-state index in [1.54, 1.807) is 25.3 Å². The summed E-state index contributed by atoms with van der Waals surface area (Å²) in [7, 11) is 1.65. The maximum Gasteiger partial charge on any atom is 0.335 e. The number of likely N-dealkylation sites (tertiary alicyclic amines) is 1. The number of hydrogen-bond donors (Lipinski definition) is 3. The third-order valence-electron chi connectivity index (χ3n) is 8.17. The molecule has 3 aromatic rings. The third kappa shape index (κ3) is 4.81. The van der Waals surface area contributed by atoms with E-state index in [0.29, 0.717) is 38.2 Å². The SMILES string of the molecule is COc1cc(C)c2[nH]ccc2c1CN1CCC2(C[C@H]1c1ccc(C(=O)O)cc1NCCC#N)CC(F)(F)C2. The van der Waals surface area contributed by atoms with Crippen LogP contribution in [0, 0.1) is 23.7 Å². The maximum atomic E-state index is 14.1. The molecule has 2 heterocycles. The van der Waals surface area contributed by atoms with Gasteiger partial charge in [0, 0.05) is 60.3 Å². The lowest BCUT2D eigenvalue weighted by Gasteiger charge is -2.55. The van der Waals surface area contributed by atoms with E-state index in [1.807, 2.05) is 25.3 Å². The van der Waals surface area contributed by atoms with Gasteiger partial charge in [-0.3, -0.25) is 4.90 Å². The lowest BCUT2D eigenvalue weighted by molar-refractivity contribution is -0.186. The highest BCUT2D eigenvalue weighted by Crippen LogP contribution is 2.61. The molecular weight excluding hydrogens is 490 g/mol. The van der Waals surface area contributed by atoms with E-state index in [4.69, 9.17) is 10.00 Å². The Morgan fingerprint density at radius 1 is 1.32 bits per heavy atom. The van der Waals surface area contributed by atoms with Crippen molar-refractivity contribution in [2.75, 3.05) is 25.5 Å². The topological polar surface area (TPSA) is 101 Å². The Bertz CT molecular complexity index is 1400. The number of halogens is 2. The first-order chi connectivity index (χ1) is 18.1. The number of carboxylic acid groups (broad SMARTS) is 1. The van der Waals surface area contributed by atoms with Crippen molar-refractivity contribution >= 4 is 22.6 Å². The van der Waals surface area contributed by atoms with Gasteiger partial charge in [0.1, 0.15) is 5.75 Å². The normalized spacial score (nSPS) is 20.1. The number of aromatic amines is 1. The van der Waals surface area contributed by atoms with Crippen LogP contribution < -0.4 is 10.1 Å². The molecule has 38 heavy (non-hydrogen) atoms. The minimum absolute atomic E-state index is 0.120. The van der Waals surface area contributed by atoms with Crippen molar-refractivity contribution in [1.82, 2.24) is 9.88 Å². The zero-order valence-corrected chi connectivity index (χ0v) is 21.6. The fourth-order valence-corrected chi connectivity index (χ4v) is 6.41. The number of nitrogens with one attached hydrogen (secondary N) is 2. The van der Waals surface area contributed by atoms with Crippen LogP contribution in [-0.2, 0) is 6.54 Å². The van der Waals surface area contributed by atoms with Crippen molar-refractivity contribution < 1.29 is 23.4 Å². The molecule has 200 valence electrons. The lowest BCUT2D eigenvalue weighted by Crippen LogP contribution is -2.53. The number of aryl methyl sites for hydroxylation is 1. The van der Waals surface area contributed by atoms with E-state index >= 15 is 0 Å². The number of nitriles is 1. The van der Waals surface area contributed by atoms with Crippen molar-refractivity contribution in [3.05, 3.63) is 58.8 Å². The average molecular weight is 523 g/mol. The van der Waals surface area contributed by atoms with Crippen LogP contribution >= 0.6 is 0 Å². The van der Waals surface area contributed by atoms with E-state index in [1.165, 1.54) is 0 Å². The van der Waals surface area contributed by atoms with Gasteiger partial charge in [-0.15, -0.1) is 0 Å². The van der Waals surface area contributed by atoms with Gasteiger partial charge in [-0.25, -0.2) is 13.6 Å². The zero-order valence-electron chi connectivity index (χ0n) is 21.6. The Kier molecular flexibility index (Phi) is 6.78. The summed E-state index contributed by atoms with van der Waals surface area (Å²) in [6.45, 7) is 3.56. The van der Waals surface area contributed by atoms with Crippen LogP contribution in [0.2, 0.25) is 0 Å². The first kappa shape index (κ1) is 26.0. The Balaban J connectivity index is 1.56. The molecule has 1 saturated heterocycles. The molecule has 2 aromatic carbocycles. The lowest BCUT2D eigenvalue weighted by atomic mass is 9.58. The van der Waals surface area contributed by atoms with Gasteiger partial charge < -0.3 is 20.1 Å². The quantitative estimate of drug-likeness (QED) is 0.302. The number of benzene rings is 2. The minimum Gasteiger partial charge on any atom is -0.496 e. The third-order valence-corrected chi connectivity index (χ3v) is 8.17. The van der Waals surface area contributed by atoms with Crippen molar-refractivity contribution in [2.45, 2.75) is 57.5 Å².